The lowest BCUT2D eigenvalue weighted by Gasteiger charge is -2.10. The Morgan fingerprint density at radius 2 is 2.57 bits per heavy atom. The highest BCUT2D eigenvalue weighted by molar-refractivity contribution is 6.12. The summed E-state index contributed by atoms with van der Waals surface area (Å²) in [6, 6.07) is 0. The van der Waals surface area contributed by atoms with E-state index in [1.807, 2.05) is 6.20 Å². The van der Waals surface area contributed by atoms with Gasteiger partial charge in [0.25, 0.3) is 0 Å². The van der Waals surface area contributed by atoms with Crippen molar-refractivity contribution in [3.63, 3.8) is 0 Å². The van der Waals surface area contributed by atoms with E-state index in [0.29, 0.717) is 0 Å². The Hall–Kier alpha value is -0.395. The zero-order valence-electron chi connectivity index (χ0n) is 4.65. The van der Waals surface area contributed by atoms with Crippen molar-refractivity contribution in [3.05, 3.63) is 12.3 Å². The third-order valence-corrected chi connectivity index (χ3v) is 1.29. The normalized spacial score (nSPS) is 29.4. The highest BCUT2D eigenvalue weighted by Gasteiger charge is 1.98. The second-order valence-electron chi connectivity index (χ2n) is 2.08. The lowest BCUT2D eigenvalue weighted by Crippen LogP contribution is -2.13. The quantitative estimate of drug-likeness (QED) is 0.415. The summed E-state index contributed by atoms with van der Waals surface area (Å²) in [5, 5.41) is 3.13. The molecule has 0 aromatic carbocycles. The summed E-state index contributed by atoms with van der Waals surface area (Å²) in [5.74, 6) is 0.793. The number of rotatable bonds is 0. The maximum atomic E-state index is 3.13. The third kappa shape index (κ3) is 1.26. The van der Waals surface area contributed by atoms with Gasteiger partial charge in [0.2, 0.25) is 0 Å². The van der Waals surface area contributed by atoms with Crippen molar-refractivity contribution in [2.24, 2.45) is 0 Å². The van der Waals surface area contributed by atoms with E-state index in [-0.39, 0.29) is 0 Å². The maximum Gasteiger partial charge on any atom is 0.110 e. The van der Waals surface area contributed by atoms with Gasteiger partial charge in [0.05, 0.1) is 0 Å². The molecule has 0 fully saturated rings. The first-order valence-corrected chi connectivity index (χ1v) is 2.79. The second-order valence-corrected chi connectivity index (χ2v) is 2.08. The third-order valence-electron chi connectivity index (χ3n) is 1.29. The number of hydrogen-bond donors (Lipinski definition) is 1. The zero-order chi connectivity index (χ0) is 5.11. The Bertz CT molecular complexity index is 80.1. The van der Waals surface area contributed by atoms with Crippen LogP contribution in [-0.4, -0.2) is 14.4 Å². The van der Waals surface area contributed by atoms with E-state index >= 15 is 0 Å². The van der Waals surface area contributed by atoms with E-state index in [2.05, 4.69) is 19.2 Å². The number of allylic oxidation sites excluding steroid dienone is 1. The average Bonchev–Trinajstić information content (AvgIpc) is 1.69. The van der Waals surface area contributed by atoms with E-state index in [9.17, 15) is 0 Å². The van der Waals surface area contributed by atoms with Crippen molar-refractivity contribution >= 4 is 7.85 Å². The van der Waals surface area contributed by atoms with Gasteiger partial charge in [-0.05, 0) is 18.4 Å². The molecule has 0 aliphatic carbocycles. The SMILES string of the molecule is BC1C=CNCC1. The predicted octanol–water partition coefficient (Wildman–Crippen LogP) is -0.0850. The fourth-order valence-corrected chi connectivity index (χ4v) is 0.723. The average molecular weight is 95.0 g/mol. The lowest BCUT2D eigenvalue weighted by molar-refractivity contribution is 0.726. The molecule has 1 heterocycles. The van der Waals surface area contributed by atoms with Crippen LogP contribution in [0.5, 0.6) is 0 Å². The molecule has 0 radical (unpaired) electrons. The van der Waals surface area contributed by atoms with Crippen LogP contribution in [-0.2, 0) is 0 Å². The molecule has 1 aliphatic rings. The molecule has 1 atom stereocenters. The summed E-state index contributed by atoms with van der Waals surface area (Å²) >= 11 is 0. The molecule has 1 nitrogen and oxygen atoms in total. The largest absolute Gasteiger partial charge is 0.391 e. The molecule has 1 unspecified atom stereocenters. The Morgan fingerprint density at radius 1 is 1.71 bits per heavy atom. The number of hydrogen-bond acceptors (Lipinski definition) is 1. The molecule has 0 bridgehead atoms. The minimum atomic E-state index is 0.793. The smallest absolute Gasteiger partial charge is 0.110 e. The summed E-state index contributed by atoms with van der Waals surface area (Å²) in [6.45, 7) is 1.15. The first-order chi connectivity index (χ1) is 3.39. The fourth-order valence-electron chi connectivity index (χ4n) is 0.723. The topological polar surface area (TPSA) is 12.0 Å². The van der Waals surface area contributed by atoms with Crippen molar-refractivity contribution in [1.29, 1.82) is 0 Å². The monoisotopic (exact) mass is 95.1 g/mol. The Balaban J connectivity index is 2.36. The highest BCUT2D eigenvalue weighted by atomic mass is 14.8. The van der Waals surface area contributed by atoms with Crippen molar-refractivity contribution < 1.29 is 0 Å². The molecule has 0 saturated heterocycles. The van der Waals surface area contributed by atoms with E-state index in [1.54, 1.807) is 0 Å². The molecule has 1 N–H and O–H groups in total. The van der Waals surface area contributed by atoms with Crippen LogP contribution in [0.2, 0.25) is 5.82 Å². The van der Waals surface area contributed by atoms with Crippen LogP contribution in [0.15, 0.2) is 12.3 Å². The van der Waals surface area contributed by atoms with Crippen LogP contribution in [0, 0.1) is 0 Å². The van der Waals surface area contributed by atoms with Gasteiger partial charge in [0.1, 0.15) is 7.85 Å². The van der Waals surface area contributed by atoms with E-state index in [0.717, 1.165) is 12.4 Å². The summed E-state index contributed by atoms with van der Waals surface area (Å²) in [5.41, 5.74) is 0. The van der Waals surface area contributed by atoms with Crippen LogP contribution in [0.3, 0.4) is 0 Å². The minimum Gasteiger partial charge on any atom is -0.391 e. The first-order valence-electron chi connectivity index (χ1n) is 2.79. The molecule has 1 aliphatic heterocycles. The molecule has 7 heavy (non-hydrogen) atoms. The molecule has 0 aromatic heterocycles. The summed E-state index contributed by atoms with van der Waals surface area (Å²) in [6.07, 6.45) is 5.52. The van der Waals surface area contributed by atoms with Crippen LogP contribution < -0.4 is 5.32 Å². The van der Waals surface area contributed by atoms with E-state index < -0.39 is 0 Å². The van der Waals surface area contributed by atoms with Crippen LogP contribution in [0.4, 0.5) is 0 Å². The first kappa shape index (κ1) is 4.76. The molecule has 0 amide bonds. The fraction of sp³-hybridized carbons (Fsp3) is 0.600. The zero-order valence-corrected chi connectivity index (χ0v) is 4.65. The molecule has 38 valence electrons. The minimum absolute atomic E-state index is 0.793. The van der Waals surface area contributed by atoms with Crippen molar-refractivity contribution in [2.45, 2.75) is 12.2 Å². The summed E-state index contributed by atoms with van der Waals surface area (Å²) < 4.78 is 0. The standard InChI is InChI=1S/C5H10BN/c6-5-1-3-7-4-2-5/h1,3,5,7H,2,4,6H2. The van der Waals surface area contributed by atoms with Crippen LogP contribution >= 0.6 is 0 Å². The van der Waals surface area contributed by atoms with Gasteiger partial charge in [-0.25, -0.2) is 0 Å². The summed E-state index contributed by atoms with van der Waals surface area (Å²) in [7, 11) is 2.23. The lowest BCUT2D eigenvalue weighted by atomic mass is 9.83. The van der Waals surface area contributed by atoms with Crippen LogP contribution in [0.25, 0.3) is 0 Å². The second kappa shape index (κ2) is 2.06. The summed E-state index contributed by atoms with van der Waals surface area (Å²) in [4.78, 5) is 0. The Labute approximate surface area is 45.2 Å². The molecule has 2 heteroatoms. The van der Waals surface area contributed by atoms with E-state index in [4.69, 9.17) is 0 Å². The van der Waals surface area contributed by atoms with Gasteiger partial charge in [0.15, 0.2) is 0 Å². The van der Waals surface area contributed by atoms with Gasteiger partial charge in [-0.1, -0.05) is 6.08 Å². The molecular weight excluding hydrogens is 84.9 g/mol. The number of nitrogens with one attached hydrogen (secondary N) is 1. The Kier molecular flexibility index (Phi) is 1.40. The van der Waals surface area contributed by atoms with Crippen molar-refractivity contribution in [3.8, 4) is 0 Å². The van der Waals surface area contributed by atoms with Gasteiger partial charge in [-0.15, -0.1) is 0 Å². The van der Waals surface area contributed by atoms with Crippen LogP contribution in [0.1, 0.15) is 6.42 Å². The molecular formula is C5H10BN. The molecule has 0 aromatic rings. The molecule has 0 spiro atoms. The van der Waals surface area contributed by atoms with Gasteiger partial charge in [-0.2, -0.15) is 0 Å². The van der Waals surface area contributed by atoms with Gasteiger partial charge >= 0.3 is 0 Å². The molecule has 1 rings (SSSR count). The van der Waals surface area contributed by atoms with Gasteiger partial charge < -0.3 is 5.32 Å². The van der Waals surface area contributed by atoms with Gasteiger partial charge in [-0.3, -0.25) is 0 Å². The highest BCUT2D eigenvalue weighted by Crippen LogP contribution is 2.07. The Morgan fingerprint density at radius 3 is 2.86 bits per heavy atom. The predicted molar refractivity (Wildman–Crippen MR) is 34.1 cm³/mol. The van der Waals surface area contributed by atoms with Crippen molar-refractivity contribution in [1.82, 2.24) is 5.32 Å². The van der Waals surface area contributed by atoms with E-state index in [1.165, 1.54) is 6.42 Å². The van der Waals surface area contributed by atoms with Gasteiger partial charge in [0, 0.05) is 6.54 Å². The van der Waals surface area contributed by atoms with Crippen molar-refractivity contribution in [2.75, 3.05) is 6.54 Å². The molecule has 0 saturated carbocycles. The maximum absolute atomic E-state index is 3.13.